The van der Waals surface area contributed by atoms with Crippen LogP contribution in [0.5, 0.6) is 0 Å². The van der Waals surface area contributed by atoms with Gasteiger partial charge in [0.25, 0.3) is 5.91 Å². The van der Waals surface area contributed by atoms with E-state index in [1.54, 1.807) is 0 Å². The summed E-state index contributed by atoms with van der Waals surface area (Å²) in [6.45, 7) is 4.82. The zero-order valence-electron chi connectivity index (χ0n) is 14.6. The minimum atomic E-state index is -0.101. The van der Waals surface area contributed by atoms with Crippen LogP contribution in [0.25, 0.3) is 10.9 Å². The summed E-state index contributed by atoms with van der Waals surface area (Å²) in [5.41, 5.74) is 2.99. The van der Waals surface area contributed by atoms with Crippen molar-refractivity contribution < 1.29 is 9.32 Å². The van der Waals surface area contributed by atoms with Crippen molar-refractivity contribution in [2.75, 3.05) is 6.54 Å². The lowest BCUT2D eigenvalue weighted by Crippen LogP contribution is -2.31. The van der Waals surface area contributed by atoms with Gasteiger partial charge in [0.05, 0.1) is 11.6 Å². The Morgan fingerprint density at radius 1 is 1.36 bits per heavy atom. The van der Waals surface area contributed by atoms with Gasteiger partial charge in [0.15, 0.2) is 5.82 Å². The van der Waals surface area contributed by atoms with Gasteiger partial charge in [-0.25, -0.2) is 0 Å². The summed E-state index contributed by atoms with van der Waals surface area (Å²) in [6.07, 6.45) is 5.29. The Bertz CT molecular complexity index is 911. The fourth-order valence-corrected chi connectivity index (χ4v) is 3.67. The van der Waals surface area contributed by atoms with Crippen molar-refractivity contribution in [3.8, 4) is 0 Å². The summed E-state index contributed by atoms with van der Waals surface area (Å²) < 4.78 is 5.24. The zero-order valence-corrected chi connectivity index (χ0v) is 14.6. The number of fused-ring (bicyclic) bond motifs is 1. The smallest absolute Gasteiger partial charge is 0.256 e. The second-order valence-electron chi connectivity index (χ2n) is 6.45. The number of amides is 1. The Balaban J connectivity index is 1.68. The number of hydrogen-bond acceptors (Lipinski definition) is 4. The molecule has 1 aromatic carbocycles. The number of aryl methyl sites for hydroxylation is 2. The Labute approximate surface area is 146 Å². The highest BCUT2D eigenvalue weighted by atomic mass is 16.5. The average molecular weight is 338 g/mol. The lowest BCUT2D eigenvalue weighted by atomic mass is 10.1. The number of rotatable bonds is 4. The zero-order chi connectivity index (χ0) is 17.4. The third-order valence-corrected chi connectivity index (χ3v) is 5.01. The molecule has 1 aliphatic heterocycles. The highest BCUT2D eigenvalue weighted by Crippen LogP contribution is 2.33. The maximum Gasteiger partial charge on any atom is 0.256 e. The SMILES string of the molecule is CCc1nc([C@H]2CCCN2C(=O)c2c[nH]c3c(CC)cccc23)no1. The molecule has 0 radical (unpaired) electrons. The van der Waals surface area contributed by atoms with Crippen LogP contribution < -0.4 is 0 Å². The van der Waals surface area contributed by atoms with Gasteiger partial charge in [-0.2, -0.15) is 4.98 Å². The number of nitrogens with one attached hydrogen (secondary N) is 1. The highest BCUT2D eigenvalue weighted by molar-refractivity contribution is 6.07. The van der Waals surface area contributed by atoms with Gasteiger partial charge in [0.2, 0.25) is 5.89 Å². The molecule has 0 bridgehead atoms. The summed E-state index contributed by atoms with van der Waals surface area (Å²) in [7, 11) is 0. The quantitative estimate of drug-likeness (QED) is 0.788. The summed E-state index contributed by atoms with van der Waals surface area (Å²) >= 11 is 0. The van der Waals surface area contributed by atoms with Crippen molar-refractivity contribution in [1.29, 1.82) is 0 Å². The number of likely N-dealkylation sites (tertiary alicyclic amines) is 1. The first-order valence-corrected chi connectivity index (χ1v) is 8.95. The standard InChI is InChI=1S/C19H22N4O2/c1-3-12-7-5-8-13-14(11-20-17(12)13)19(24)23-10-6-9-15(23)18-21-16(4-2)25-22-18/h5,7-8,11,15,20H,3-4,6,9-10H2,1-2H3/t15-/m1/s1. The minimum Gasteiger partial charge on any atom is -0.360 e. The molecule has 1 atom stereocenters. The van der Waals surface area contributed by atoms with Crippen molar-refractivity contribution in [2.45, 2.75) is 45.6 Å². The summed E-state index contributed by atoms with van der Waals surface area (Å²) in [6, 6.07) is 6.01. The molecule has 0 saturated carbocycles. The molecule has 6 heteroatoms. The molecule has 6 nitrogen and oxygen atoms in total. The van der Waals surface area contributed by atoms with Crippen molar-refractivity contribution >= 4 is 16.8 Å². The van der Waals surface area contributed by atoms with Crippen LogP contribution in [0.4, 0.5) is 0 Å². The van der Waals surface area contributed by atoms with Crippen LogP contribution >= 0.6 is 0 Å². The first-order chi connectivity index (χ1) is 12.2. The molecule has 1 aliphatic rings. The molecule has 0 aliphatic carbocycles. The predicted octanol–water partition coefficient (Wildman–Crippen LogP) is 3.65. The summed E-state index contributed by atoms with van der Waals surface area (Å²) in [5, 5.41) is 5.07. The fraction of sp³-hybridized carbons (Fsp3) is 0.421. The molecule has 130 valence electrons. The number of H-pyrrole nitrogens is 1. The van der Waals surface area contributed by atoms with Gasteiger partial charge in [0, 0.05) is 30.1 Å². The molecule has 3 heterocycles. The molecule has 3 aromatic rings. The Hall–Kier alpha value is -2.63. The predicted molar refractivity (Wildman–Crippen MR) is 94.4 cm³/mol. The Morgan fingerprint density at radius 3 is 3.00 bits per heavy atom. The Morgan fingerprint density at radius 2 is 2.24 bits per heavy atom. The van der Waals surface area contributed by atoms with Crippen molar-refractivity contribution in [2.24, 2.45) is 0 Å². The minimum absolute atomic E-state index is 0.0323. The van der Waals surface area contributed by atoms with Crippen LogP contribution in [-0.4, -0.2) is 32.5 Å². The number of benzene rings is 1. The largest absolute Gasteiger partial charge is 0.360 e. The van der Waals surface area contributed by atoms with E-state index in [9.17, 15) is 4.79 Å². The monoisotopic (exact) mass is 338 g/mol. The van der Waals surface area contributed by atoms with E-state index >= 15 is 0 Å². The van der Waals surface area contributed by atoms with Crippen LogP contribution in [0.15, 0.2) is 28.9 Å². The molecule has 1 amide bonds. The third-order valence-electron chi connectivity index (χ3n) is 5.01. The number of aromatic amines is 1. The van der Waals surface area contributed by atoms with Gasteiger partial charge in [-0.1, -0.05) is 37.2 Å². The molecule has 1 saturated heterocycles. The number of para-hydroxylation sites is 1. The highest BCUT2D eigenvalue weighted by Gasteiger charge is 2.34. The summed E-state index contributed by atoms with van der Waals surface area (Å²) in [4.78, 5) is 22.8. The number of nitrogens with zero attached hydrogens (tertiary/aromatic N) is 3. The van der Waals surface area contributed by atoms with Gasteiger partial charge >= 0.3 is 0 Å². The van der Waals surface area contributed by atoms with E-state index in [2.05, 4.69) is 28.1 Å². The first-order valence-electron chi connectivity index (χ1n) is 8.95. The second-order valence-corrected chi connectivity index (χ2v) is 6.45. The Kier molecular flexibility index (Phi) is 4.03. The maximum absolute atomic E-state index is 13.2. The molecule has 0 spiro atoms. The maximum atomic E-state index is 13.2. The van der Waals surface area contributed by atoms with E-state index in [1.807, 2.05) is 30.2 Å². The molecule has 25 heavy (non-hydrogen) atoms. The molecule has 4 rings (SSSR count). The van der Waals surface area contributed by atoms with Crippen molar-refractivity contribution in [3.63, 3.8) is 0 Å². The van der Waals surface area contributed by atoms with Crippen LogP contribution in [0.2, 0.25) is 0 Å². The van der Waals surface area contributed by atoms with Gasteiger partial charge in [-0.3, -0.25) is 4.79 Å². The van der Waals surface area contributed by atoms with E-state index in [0.717, 1.165) is 42.3 Å². The van der Waals surface area contributed by atoms with E-state index < -0.39 is 0 Å². The van der Waals surface area contributed by atoms with Gasteiger partial charge in [0.1, 0.15) is 0 Å². The van der Waals surface area contributed by atoms with Gasteiger partial charge < -0.3 is 14.4 Å². The van der Waals surface area contributed by atoms with Crippen LogP contribution in [0.3, 0.4) is 0 Å². The van der Waals surface area contributed by atoms with E-state index in [4.69, 9.17) is 4.52 Å². The molecule has 2 aromatic heterocycles. The van der Waals surface area contributed by atoms with Crippen LogP contribution in [0, 0.1) is 0 Å². The van der Waals surface area contributed by atoms with Crippen LogP contribution in [0.1, 0.15) is 60.4 Å². The number of carbonyl (C=O) groups is 1. The number of hydrogen-bond donors (Lipinski definition) is 1. The molecule has 1 N–H and O–H groups in total. The lowest BCUT2D eigenvalue weighted by molar-refractivity contribution is 0.0730. The third kappa shape index (κ3) is 2.62. The normalized spacial score (nSPS) is 17.5. The second kappa shape index (κ2) is 6.35. The molecular weight excluding hydrogens is 316 g/mol. The number of aromatic nitrogens is 3. The lowest BCUT2D eigenvalue weighted by Gasteiger charge is -2.22. The fourth-order valence-electron chi connectivity index (χ4n) is 3.67. The number of carbonyl (C=O) groups excluding carboxylic acids is 1. The molecular formula is C19H22N4O2. The van der Waals surface area contributed by atoms with Crippen LogP contribution in [-0.2, 0) is 12.8 Å². The van der Waals surface area contributed by atoms with Gasteiger partial charge in [-0.15, -0.1) is 0 Å². The summed E-state index contributed by atoms with van der Waals surface area (Å²) in [5.74, 6) is 1.27. The molecule has 1 fully saturated rings. The van der Waals surface area contributed by atoms with Gasteiger partial charge in [-0.05, 0) is 24.8 Å². The molecule has 0 unspecified atom stereocenters. The van der Waals surface area contributed by atoms with E-state index in [-0.39, 0.29) is 11.9 Å². The average Bonchev–Trinajstić information content (AvgIpc) is 3.38. The van der Waals surface area contributed by atoms with E-state index in [0.29, 0.717) is 18.1 Å². The van der Waals surface area contributed by atoms with Crippen molar-refractivity contribution in [3.05, 3.63) is 47.2 Å². The van der Waals surface area contributed by atoms with E-state index in [1.165, 1.54) is 5.56 Å². The topological polar surface area (TPSA) is 75.0 Å². The first kappa shape index (κ1) is 15.9. The van der Waals surface area contributed by atoms with Crippen molar-refractivity contribution in [1.82, 2.24) is 20.0 Å².